The van der Waals surface area contributed by atoms with E-state index in [0.717, 1.165) is 5.56 Å². The number of nitriles is 1. The number of hydrogen-bond donors (Lipinski definition) is 0. The number of halogens is 1. The molecule has 134 valence electrons. The summed E-state index contributed by atoms with van der Waals surface area (Å²) >= 11 is 0. The van der Waals surface area contributed by atoms with Gasteiger partial charge < -0.3 is 9.64 Å². The third-order valence-corrected chi connectivity index (χ3v) is 4.94. The summed E-state index contributed by atoms with van der Waals surface area (Å²) < 4.78 is 19.2. The predicted molar refractivity (Wildman–Crippen MR) is 96.1 cm³/mol. The molecular weight excluding hydrogens is 331 g/mol. The van der Waals surface area contributed by atoms with Gasteiger partial charge in [0.1, 0.15) is 0 Å². The largest absolute Gasteiger partial charge is 0.494 e. The summed E-state index contributed by atoms with van der Waals surface area (Å²) in [6.45, 7) is 0.956. The van der Waals surface area contributed by atoms with Gasteiger partial charge in [0.25, 0.3) is 0 Å². The van der Waals surface area contributed by atoms with Crippen LogP contribution < -0.4 is 4.74 Å². The maximum atomic E-state index is 14.2. The molecule has 0 spiro atoms. The van der Waals surface area contributed by atoms with Crippen LogP contribution in [0.5, 0.6) is 5.75 Å². The van der Waals surface area contributed by atoms with Gasteiger partial charge in [-0.1, -0.05) is 42.5 Å². The van der Waals surface area contributed by atoms with Gasteiger partial charge >= 0.3 is 0 Å². The number of ether oxygens (including phenoxy) is 1. The van der Waals surface area contributed by atoms with Gasteiger partial charge in [0.2, 0.25) is 5.91 Å². The molecule has 0 radical (unpaired) electrons. The van der Waals surface area contributed by atoms with Crippen LogP contribution in [0.25, 0.3) is 0 Å². The molecule has 2 atom stereocenters. The second kappa shape index (κ2) is 8.01. The van der Waals surface area contributed by atoms with Gasteiger partial charge in [-0.25, -0.2) is 4.39 Å². The number of aryl methyl sites for hydroxylation is 1. The summed E-state index contributed by atoms with van der Waals surface area (Å²) in [4.78, 5) is 14.3. The topological polar surface area (TPSA) is 53.3 Å². The van der Waals surface area contributed by atoms with Crippen LogP contribution in [0.15, 0.2) is 48.5 Å². The van der Waals surface area contributed by atoms with Crippen molar-refractivity contribution in [2.75, 3.05) is 20.2 Å². The number of likely N-dealkylation sites (tertiary alicyclic amines) is 1. The summed E-state index contributed by atoms with van der Waals surface area (Å²) in [5, 5.41) is 9.45. The highest BCUT2D eigenvalue weighted by molar-refractivity contribution is 5.77. The molecule has 1 saturated heterocycles. The van der Waals surface area contributed by atoms with E-state index in [1.54, 1.807) is 23.1 Å². The van der Waals surface area contributed by atoms with Crippen molar-refractivity contribution in [2.45, 2.75) is 18.8 Å². The molecule has 0 aliphatic carbocycles. The second-order valence-corrected chi connectivity index (χ2v) is 6.48. The lowest BCUT2D eigenvalue weighted by Crippen LogP contribution is -2.29. The third kappa shape index (κ3) is 3.70. The zero-order valence-corrected chi connectivity index (χ0v) is 14.7. The highest BCUT2D eigenvalue weighted by Gasteiger charge is 2.35. The first-order valence-electron chi connectivity index (χ1n) is 8.67. The minimum Gasteiger partial charge on any atom is -0.494 e. The first-order valence-corrected chi connectivity index (χ1v) is 8.67. The van der Waals surface area contributed by atoms with E-state index in [0.29, 0.717) is 25.1 Å². The molecule has 0 bridgehead atoms. The number of rotatable bonds is 5. The smallest absolute Gasteiger partial charge is 0.222 e. The second-order valence-electron chi connectivity index (χ2n) is 6.48. The quantitative estimate of drug-likeness (QED) is 0.827. The number of nitrogens with zero attached hydrogens (tertiary/aromatic N) is 2. The molecule has 0 saturated carbocycles. The Morgan fingerprint density at radius 1 is 1.23 bits per heavy atom. The molecule has 0 unspecified atom stereocenters. The van der Waals surface area contributed by atoms with E-state index in [1.807, 2.05) is 30.3 Å². The molecule has 0 aromatic heterocycles. The number of amides is 1. The summed E-state index contributed by atoms with van der Waals surface area (Å²) in [6, 6.07) is 17.1. The van der Waals surface area contributed by atoms with Crippen LogP contribution in [0.1, 0.15) is 23.5 Å². The average molecular weight is 352 g/mol. The monoisotopic (exact) mass is 352 g/mol. The number of hydrogen-bond acceptors (Lipinski definition) is 3. The van der Waals surface area contributed by atoms with E-state index in [1.165, 1.54) is 7.11 Å². The van der Waals surface area contributed by atoms with E-state index in [2.05, 4.69) is 6.07 Å². The lowest BCUT2D eigenvalue weighted by atomic mass is 9.90. The van der Waals surface area contributed by atoms with Gasteiger partial charge in [-0.15, -0.1) is 0 Å². The van der Waals surface area contributed by atoms with Crippen molar-refractivity contribution < 1.29 is 13.9 Å². The lowest BCUT2D eigenvalue weighted by molar-refractivity contribution is -0.130. The first kappa shape index (κ1) is 17.9. The fourth-order valence-corrected chi connectivity index (χ4v) is 3.48. The van der Waals surface area contributed by atoms with E-state index in [9.17, 15) is 14.4 Å². The highest BCUT2D eigenvalue weighted by Crippen LogP contribution is 2.32. The summed E-state index contributed by atoms with van der Waals surface area (Å²) in [5.41, 5.74) is 1.54. The Morgan fingerprint density at radius 3 is 2.69 bits per heavy atom. The normalized spacial score (nSPS) is 19.2. The van der Waals surface area contributed by atoms with Crippen LogP contribution in [-0.4, -0.2) is 31.0 Å². The molecule has 1 amide bonds. The standard InChI is InChI=1S/C21H21FN2O2/c1-26-19-9-5-8-16(21(19)22)10-11-20(25)24-13-17(12-23)18(14-24)15-6-3-2-4-7-15/h2-9,17-18H,10-11,13-14H2,1H3/t17-,18+/m1/s1. The fraction of sp³-hybridized carbons (Fsp3) is 0.333. The Morgan fingerprint density at radius 2 is 2.00 bits per heavy atom. The maximum Gasteiger partial charge on any atom is 0.222 e. The van der Waals surface area contributed by atoms with Gasteiger partial charge in [0, 0.05) is 25.4 Å². The molecule has 1 fully saturated rings. The molecule has 1 heterocycles. The summed E-state index contributed by atoms with van der Waals surface area (Å²) in [5.74, 6) is -0.467. The molecule has 3 rings (SSSR count). The Labute approximate surface area is 152 Å². The molecule has 2 aromatic rings. The number of carbonyl (C=O) groups excluding carboxylic acids is 1. The van der Waals surface area contributed by atoms with Crippen LogP contribution in [-0.2, 0) is 11.2 Å². The van der Waals surface area contributed by atoms with Crippen molar-refractivity contribution in [1.82, 2.24) is 4.90 Å². The molecule has 0 N–H and O–H groups in total. The minimum atomic E-state index is -0.415. The van der Waals surface area contributed by atoms with Crippen LogP contribution in [0.4, 0.5) is 4.39 Å². The SMILES string of the molecule is COc1cccc(CCC(=O)N2C[C@@H](C#N)[C@H](c3ccccc3)C2)c1F. The van der Waals surface area contributed by atoms with Crippen molar-refractivity contribution >= 4 is 5.91 Å². The van der Waals surface area contributed by atoms with Crippen molar-refractivity contribution in [3.05, 3.63) is 65.5 Å². The van der Waals surface area contributed by atoms with Crippen LogP contribution in [0.2, 0.25) is 0 Å². The highest BCUT2D eigenvalue weighted by atomic mass is 19.1. The van der Waals surface area contributed by atoms with Crippen molar-refractivity contribution in [3.63, 3.8) is 0 Å². The number of benzene rings is 2. The fourth-order valence-electron chi connectivity index (χ4n) is 3.48. The number of methoxy groups -OCH3 is 1. The van der Waals surface area contributed by atoms with Crippen molar-refractivity contribution in [1.29, 1.82) is 5.26 Å². The molecule has 5 heteroatoms. The van der Waals surface area contributed by atoms with Gasteiger partial charge in [0.15, 0.2) is 11.6 Å². The third-order valence-electron chi connectivity index (χ3n) is 4.94. The molecule has 26 heavy (non-hydrogen) atoms. The molecule has 1 aliphatic heterocycles. The van der Waals surface area contributed by atoms with Gasteiger partial charge in [0.05, 0.1) is 19.1 Å². The molecule has 1 aliphatic rings. The van der Waals surface area contributed by atoms with Crippen LogP contribution in [0, 0.1) is 23.1 Å². The van der Waals surface area contributed by atoms with Crippen molar-refractivity contribution in [2.24, 2.45) is 5.92 Å². The maximum absolute atomic E-state index is 14.2. The average Bonchev–Trinajstić information content (AvgIpc) is 3.12. The Balaban J connectivity index is 1.65. The first-order chi connectivity index (χ1) is 12.6. The van der Waals surface area contributed by atoms with E-state index in [-0.39, 0.29) is 29.9 Å². The summed E-state index contributed by atoms with van der Waals surface area (Å²) in [7, 11) is 1.42. The van der Waals surface area contributed by atoms with Gasteiger partial charge in [-0.2, -0.15) is 5.26 Å². The molecule has 4 nitrogen and oxygen atoms in total. The molecule has 2 aromatic carbocycles. The van der Waals surface area contributed by atoms with E-state index in [4.69, 9.17) is 4.74 Å². The molecular formula is C21H21FN2O2. The van der Waals surface area contributed by atoms with Gasteiger partial charge in [-0.3, -0.25) is 4.79 Å². The summed E-state index contributed by atoms with van der Waals surface area (Å²) in [6.07, 6.45) is 0.523. The predicted octanol–water partition coefficient (Wildman–Crippen LogP) is 3.53. The Hall–Kier alpha value is -2.87. The Kier molecular flexibility index (Phi) is 5.52. The zero-order valence-electron chi connectivity index (χ0n) is 14.7. The van der Waals surface area contributed by atoms with Crippen molar-refractivity contribution in [3.8, 4) is 11.8 Å². The van der Waals surface area contributed by atoms with Crippen LogP contribution >= 0.6 is 0 Å². The lowest BCUT2D eigenvalue weighted by Gasteiger charge is -2.17. The van der Waals surface area contributed by atoms with E-state index < -0.39 is 5.82 Å². The Bertz CT molecular complexity index is 817. The number of carbonyl (C=O) groups is 1. The van der Waals surface area contributed by atoms with Gasteiger partial charge in [-0.05, 0) is 23.6 Å². The van der Waals surface area contributed by atoms with Crippen LogP contribution in [0.3, 0.4) is 0 Å². The zero-order chi connectivity index (χ0) is 18.5. The van der Waals surface area contributed by atoms with E-state index >= 15 is 0 Å². The minimum absolute atomic E-state index is 0.0266.